The molecule has 4 aromatic rings. The Labute approximate surface area is 233 Å². The molecule has 0 spiro atoms. The molecule has 9 heteroatoms. The van der Waals surface area contributed by atoms with Crippen molar-refractivity contribution in [3.63, 3.8) is 0 Å². The van der Waals surface area contributed by atoms with Crippen LogP contribution in [0.1, 0.15) is 37.5 Å². The topological polar surface area (TPSA) is 90.6 Å². The van der Waals surface area contributed by atoms with Crippen LogP contribution >= 0.6 is 11.8 Å². The molecule has 39 heavy (non-hydrogen) atoms. The second-order valence-corrected chi connectivity index (χ2v) is 10.9. The Balaban J connectivity index is 1.52. The van der Waals surface area contributed by atoms with Gasteiger partial charge in [-0.05, 0) is 42.2 Å². The van der Waals surface area contributed by atoms with Crippen molar-refractivity contribution in [3.8, 4) is 28.6 Å². The second kappa shape index (κ2) is 12.2. The SMILES string of the molecule is COc1ccc(/C=N\NC(=O)CSc2nnc(-c3ccc(C(C)(C)C)cc3)n2-c2ccc(C)cc2)c(OC)c1. The maximum absolute atomic E-state index is 12.6. The van der Waals surface area contributed by atoms with Gasteiger partial charge in [0.15, 0.2) is 11.0 Å². The number of hydrogen-bond acceptors (Lipinski definition) is 7. The van der Waals surface area contributed by atoms with Gasteiger partial charge in [0.1, 0.15) is 11.5 Å². The minimum atomic E-state index is -0.265. The van der Waals surface area contributed by atoms with Gasteiger partial charge >= 0.3 is 0 Å². The number of aromatic nitrogens is 3. The number of aryl methyl sites for hydroxylation is 1. The molecule has 0 aliphatic carbocycles. The molecule has 202 valence electrons. The Kier molecular flexibility index (Phi) is 8.71. The van der Waals surface area contributed by atoms with E-state index in [4.69, 9.17) is 9.47 Å². The fraction of sp³-hybridized carbons (Fsp3) is 0.267. The summed E-state index contributed by atoms with van der Waals surface area (Å²) >= 11 is 1.30. The molecule has 8 nitrogen and oxygen atoms in total. The predicted octanol–water partition coefficient (Wildman–Crippen LogP) is 5.80. The average Bonchev–Trinajstić information content (AvgIpc) is 3.36. The molecule has 0 unspecified atom stereocenters. The summed E-state index contributed by atoms with van der Waals surface area (Å²) < 4.78 is 12.6. The van der Waals surface area contributed by atoms with Gasteiger partial charge in [0.05, 0.1) is 26.2 Å². The zero-order valence-electron chi connectivity index (χ0n) is 23.1. The lowest BCUT2D eigenvalue weighted by Crippen LogP contribution is -2.20. The first-order valence-electron chi connectivity index (χ1n) is 12.5. The highest BCUT2D eigenvalue weighted by molar-refractivity contribution is 7.99. The number of methoxy groups -OCH3 is 2. The van der Waals surface area contributed by atoms with Crippen LogP contribution in [0.3, 0.4) is 0 Å². The molecule has 0 saturated carbocycles. The highest BCUT2D eigenvalue weighted by atomic mass is 32.2. The van der Waals surface area contributed by atoms with Crippen molar-refractivity contribution < 1.29 is 14.3 Å². The zero-order valence-corrected chi connectivity index (χ0v) is 23.9. The number of ether oxygens (including phenoxy) is 2. The van der Waals surface area contributed by atoms with Crippen LogP contribution in [0.4, 0.5) is 0 Å². The number of nitrogens with one attached hydrogen (secondary N) is 1. The molecule has 0 aliphatic rings. The molecule has 0 fully saturated rings. The van der Waals surface area contributed by atoms with Crippen LogP contribution in [0.15, 0.2) is 77.0 Å². The molecule has 0 atom stereocenters. The van der Waals surface area contributed by atoms with E-state index >= 15 is 0 Å². The molecule has 0 aliphatic heterocycles. The average molecular weight is 544 g/mol. The molecule has 3 aromatic carbocycles. The van der Waals surface area contributed by atoms with Gasteiger partial charge in [-0.25, -0.2) is 5.43 Å². The summed E-state index contributed by atoms with van der Waals surface area (Å²) in [6.07, 6.45) is 1.54. The number of carbonyl (C=O) groups excluding carboxylic acids is 1. The number of benzene rings is 3. The van der Waals surface area contributed by atoms with E-state index in [9.17, 15) is 4.79 Å². The van der Waals surface area contributed by atoms with Crippen molar-refractivity contribution >= 4 is 23.9 Å². The van der Waals surface area contributed by atoms with Crippen molar-refractivity contribution in [3.05, 3.63) is 83.4 Å². The van der Waals surface area contributed by atoms with E-state index in [0.717, 1.165) is 16.8 Å². The van der Waals surface area contributed by atoms with Crippen LogP contribution < -0.4 is 14.9 Å². The number of rotatable bonds is 9. The summed E-state index contributed by atoms with van der Waals surface area (Å²) in [4.78, 5) is 12.6. The first kappa shape index (κ1) is 27.9. The van der Waals surface area contributed by atoms with Gasteiger partial charge in [0.25, 0.3) is 5.91 Å². The van der Waals surface area contributed by atoms with Gasteiger partial charge in [-0.1, -0.05) is 74.5 Å². The Morgan fingerprint density at radius 1 is 1.00 bits per heavy atom. The highest BCUT2D eigenvalue weighted by Gasteiger charge is 2.19. The Morgan fingerprint density at radius 3 is 2.36 bits per heavy atom. The Morgan fingerprint density at radius 2 is 1.72 bits per heavy atom. The van der Waals surface area contributed by atoms with Gasteiger partial charge in [0.2, 0.25) is 0 Å². The maximum atomic E-state index is 12.6. The largest absolute Gasteiger partial charge is 0.497 e. The third-order valence-electron chi connectivity index (χ3n) is 6.10. The molecule has 0 radical (unpaired) electrons. The van der Waals surface area contributed by atoms with Crippen LogP contribution in [0.5, 0.6) is 11.5 Å². The van der Waals surface area contributed by atoms with Crippen molar-refractivity contribution in [2.24, 2.45) is 5.10 Å². The minimum Gasteiger partial charge on any atom is -0.497 e. The van der Waals surface area contributed by atoms with E-state index in [0.29, 0.717) is 28.0 Å². The van der Waals surface area contributed by atoms with E-state index in [1.807, 2.05) is 41.8 Å². The van der Waals surface area contributed by atoms with Crippen molar-refractivity contribution in [2.45, 2.75) is 38.3 Å². The predicted molar refractivity (Wildman–Crippen MR) is 156 cm³/mol. The Bertz CT molecular complexity index is 1460. The summed E-state index contributed by atoms with van der Waals surface area (Å²) in [6.45, 7) is 8.61. The summed E-state index contributed by atoms with van der Waals surface area (Å²) in [6, 6.07) is 21.9. The van der Waals surface area contributed by atoms with E-state index < -0.39 is 0 Å². The van der Waals surface area contributed by atoms with Crippen LogP contribution in [0, 0.1) is 6.92 Å². The summed E-state index contributed by atoms with van der Waals surface area (Å²) in [5, 5.41) is 13.6. The van der Waals surface area contributed by atoms with E-state index in [-0.39, 0.29) is 17.1 Å². The van der Waals surface area contributed by atoms with Gasteiger partial charge in [0, 0.05) is 22.9 Å². The molecule has 1 amide bonds. The van der Waals surface area contributed by atoms with Crippen molar-refractivity contribution in [2.75, 3.05) is 20.0 Å². The van der Waals surface area contributed by atoms with Crippen molar-refractivity contribution in [1.29, 1.82) is 0 Å². The van der Waals surface area contributed by atoms with E-state index in [2.05, 4.69) is 65.8 Å². The number of hydrogen-bond donors (Lipinski definition) is 1. The summed E-state index contributed by atoms with van der Waals surface area (Å²) in [5.74, 6) is 1.83. The first-order valence-corrected chi connectivity index (χ1v) is 13.5. The molecule has 1 heterocycles. The Hall–Kier alpha value is -4.11. The minimum absolute atomic E-state index is 0.0541. The third-order valence-corrected chi connectivity index (χ3v) is 7.03. The fourth-order valence-electron chi connectivity index (χ4n) is 3.86. The lowest BCUT2D eigenvalue weighted by Gasteiger charge is -2.19. The van der Waals surface area contributed by atoms with Gasteiger partial charge in [-0.2, -0.15) is 5.10 Å². The lowest BCUT2D eigenvalue weighted by atomic mass is 9.87. The molecule has 4 rings (SSSR count). The second-order valence-electron chi connectivity index (χ2n) is 9.99. The van der Waals surface area contributed by atoms with Gasteiger partial charge in [-0.15, -0.1) is 10.2 Å². The monoisotopic (exact) mass is 543 g/mol. The number of thioether (sulfide) groups is 1. The summed E-state index contributed by atoms with van der Waals surface area (Å²) in [7, 11) is 3.16. The lowest BCUT2D eigenvalue weighted by molar-refractivity contribution is -0.118. The van der Waals surface area contributed by atoms with Crippen LogP contribution in [0.2, 0.25) is 0 Å². The molecule has 1 N–H and O–H groups in total. The highest BCUT2D eigenvalue weighted by Crippen LogP contribution is 2.30. The molecule has 1 aromatic heterocycles. The number of nitrogens with zero attached hydrogens (tertiary/aromatic N) is 4. The standard InChI is InChI=1S/C30H33N5O3S/c1-20-7-14-24(15-8-20)35-28(21-9-12-23(13-10-21)30(2,3)4)33-34-29(35)39-19-27(36)32-31-18-22-11-16-25(37-5)17-26(22)38-6/h7-18H,19H2,1-6H3,(H,32,36)/b31-18-. The van der Waals surface area contributed by atoms with Crippen molar-refractivity contribution in [1.82, 2.24) is 20.2 Å². The smallest absolute Gasteiger partial charge is 0.250 e. The van der Waals surface area contributed by atoms with Gasteiger partial charge in [-0.3, -0.25) is 9.36 Å². The fourth-order valence-corrected chi connectivity index (χ4v) is 4.60. The van der Waals surface area contributed by atoms with E-state index in [1.165, 1.54) is 23.5 Å². The molecular weight excluding hydrogens is 510 g/mol. The quantitative estimate of drug-likeness (QED) is 0.163. The molecule has 0 saturated heterocycles. The van der Waals surface area contributed by atoms with Crippen LogP contribution in [-0.2, 0) is 10.2 Å². The van der Waals surface area contributed by atoms with Crippen LogP contribution in [-0.4, -0.2) is 46.9 Å². The zero-order chi connectivity index (χ0) is 28.0. The van der Waals surface area contributed by atoms with Gasteiger partial charge < -0.3 is 9.47 Å². The third kappa shape index (κ3) is 6.86. The molecular formula is C30H33N5O3S. The number of hydrazone groups is 1. The summed E-state index contributed by atoms with van der Waals surface area (Å²) in [5.41, 5.74) is 7.61. The first-order chi connectivity index (χ1) is 18.7. The number of carbonyl (C=O) groups is 1. The number of amides is 1. The maximum Gasteiger partial charge on any atom is 0.250 e. The normalized spacial score (nSPS) is 11.5. The molecule has 0 bridgehead atoms. The van der Waals surface area contributed by atoms with E-state index in [1.54, 1.807) is 26.4 Å². The van der Waals surface area contributed by atoms with Crippen LogP contribution in [0.25, 0.3) is 17.1 Å².